The number of nitrogens with one attached hydrogen (secondary N) is 2. The molecule has 0 bridgehead atoms. The maximum atomic E-state index is 12.2. The third kappa shape index (κ3) is 8.11. The van der Waals surface area contributed by atoms with Crippen LogP contribution >= 0.6 is 24.0 Å². The lowest BCUT2D eigenvalue weighted by molar-refractivity contribution is -0.132. The highest BCUT2D eigenvalue weighted by molar-refractivity contribution is 14.0. The van der Waals surface area contributed by atoms with Gasteiger partial charge in [0.15, 0.2) is 5.96 Å². The minimum Gasteiger partial charge on any atom is -0.356 e. The van der Waals surface area contributed by atoms with E-state index in [4.69, 9.17) is 0 Å². The molecule has 1 fully saturated rings. The van der Waals surface area contributed by atoms with Gasteiger partial charge in [-0.05, 0) is 25.3 Å². The Kier molecular flexibility index (Phi) is 9.70. The molecule has 0 aliphatic carbocycles. The van der Waals surface area contributed by atoms with E-state index in [0.29, 0.717) is 12.0 Å². The highest BCUT2D eigenvalue weighted by atomic mass is 127. The first-order valence-electron chi connectivity index (χ1n) is 8.69. The lowest BCUT2D eigenvalue weighted by atomic mass is 9.97. The summed E-state index contributed by atoms with van der Waals surface area (Å²) in [6.45, 7) is 3.91. The Balaban J connectivity index is 0.00000338. The minimum absolute atomic E-state index is 0. The summed E-state index contributed by atoms with van der Waals surface area (Å²) in [6, 6.07) is 11.0. The molecule has 4 nitrogen and oxygen atoms in total. The third-order valence-corrected chi connectivity index (χ3v) is 4.51. The first kappa shape index (κ1) is 23.0. The third-order valence-electron chi connectivity index (χ3n) is 4.51. The van der Waals surface area contributed by atoms with Crippen molar-refractivity contribution in [3.05, 3.63) is 35.9 Å². The molecule has 2 N–H and O–H groups in total. The van der Waals surface area contributed by atoms with E-state index in [-0.39, 0.29) is 36.6 Å². The fraction of sp³-hybridized carbons (Fsp3) is 0.611. The summed E-state index contributed by atoms with van der Waals surface area (Å²) in [7, 11) is 1.58. The van der Waals surface area contributed by atoms with Crippen LogP contribution in [0.25, 0.3) is 0 Å². The number of hydrogen-bond donors (Lipinski definition) is 2. The van der Waals surface area contributed by atoms with Crippen LogP contribution in [0, 0.1) is 0 Å². The number of likely N-dealkylation sites (tertiary alicyclic amines) is 1. The van der Waals surface area contributed by atoms with Gasteiger partial charge in [0, 0.05) is 38.8 Å². The molecule has 2 rings (SSSR count). The molecule has 1 aromatic rings. The van der Waals surface area contributed by atoms with E-state index >= 15 is 0 Å². The average Bonchev–Trinajstić information content (AvgIpc) is 2.56. The fourth-order valence-corrected chi connectivity index (χ4v) is 3.12. The smallest absolute Gasteiger partial charge is 0.356 e. The van der Waals surface area contributed by atoms with Gasteiger partial charge in [0.25, 0.3) is 0 Å². The molecule has 1 saturated heterocycles. The first-order chi connectivity index (χ1) is 11.9. The molecule has 1 heterocycles. The van der Waals surface area contributed by atoms with Crippen molar-refractivity contribution in [1.82, 2.24) is 15.5 Å². The molecule has 1 aliphatic rings. The normalized spacial score (nSPS) is 21.8. The van der Waals surface area contributed by atoms with Gasteiger partial charge in [0.1, 0.15) is 0 Å². The number of nitrogens with zero attached hydrogens (tertiary/aromatic N) is 2. The Morgan fingerprint density at radius 1 is 1.27 bits per heavy atom. The Labute approximate surface area is 170 Å². The van der Waals surface area contributed by atoms with Gasteiger partial charge < -0.3 is 10.6 Å². The van der Waals surface area contributed by atoms with Gasteiger partial charge in [0.2, 0.25) is 0 Å². The number of benzene rings is 1. The minimum atomic E-state index is -4.15. The van der Waals surface area contributed by atoms with Crippen molar-refractivity contribution >= 4 is 29.9 Å². The maximum absolute atomic E-state index is 12.2. The molecule has 0 radical (unpaired) electrons. The largest absolute Gasteiger partial charge is 0.390 e. The lowest BCUT2D eigenvalue weighted by Crippen LogP contribution is -2.51. The van der Waals surface area contributed by atoms with E-state index in [1.807, 2.05) is 18.2 Å². The molecule has 8 heteroatoms. The van der Waals surface area contributed by atoms with Crippen LogP contribution in [-0.2, 0) is 6.54 Å². The molecular weight excluding hydrogens is 456 g/mol. The van der Waals surface area contributed by atoms with E-state index in [1.165, 1.54) is 5.56 Å². The van der Waals surface area contributed by atoms with Crippen LogP contribution < -0.4 is 10.6 Å². The standard InChI is InChI=1S/C18H27F3N4.HI/c1-14-12-16(24-17(22-2)23-10-9-18(19,20)21)8-11-25(14)13-15-6-4-3-5-7-15;/h3-7,14,16H,8-13H2,1-2H3,(H2,22,23,24);1H. The number of guanidine groups is 1. The predicted molar refractivity (Wildman–Crippen MR) is 110 cm³/mol. The van der Waals surface area contributed by atoms with Crippen molar-refractivity contribution in [3.8, 4) is 0 Å². The maximum Gasteiger partial charge on any atom is 0.390 e. The Hall–Kier alpha value is -1.03. The van der Waals surface area contributed by atoms with Crippen LogP contribution in [0.3, 0.4) is 0 Å². The molecular formula is C18H28F3IN4. The second-order valence-corrected chi connectivity index (χ2v) is 6.53. The molecule has 0 saturated carbocycles. The Morgan fingerprint density at radius 3 is 2.54 bits per heavy atom. The second-order valence-electron chi connectivity index (χ2n) is 6.53. The van der Waals surface area contributed by atoms with Crippen molar-refractivity contribution < 1.29 is 13.2 Å². The zero-order valence-electron chi connectivity index (χ0n) is 15.2. The van der Waals surface area contributed by atoms with Gasteiger partial charge in [0.05, 0.1) is 6.42 Å². The van der Waals surface area contributed by atoms with E-state index in [1.54, 1.807) is 7.05 Å². The molecule has 0 spiro atoms. The molecule has 1 aliphatic heterocycles. The second kappa shape index (κ2) is 11.0. The van der Waals surface area contributed by atoms with E-state index < -0.39 is 12.6 Å². The van der Waals surface area contributed by atoms with Gasteiger partial charge in [-0.15, -0.1) is 24.0 Å². The van der Waals surface area contributed by atoms with Crippen molar-refractivity contribution in [2.75, 3.05) is 20.1 Å². The van der Waals surface area contributed by atoms with E-state index in [0.717, 1.165) is 25.9 Å². The number of rotatable bonds is 5. The van der Waals surface area contributed by atoms with Gasteiger partial charge >= 0.3 is 6.18 Å². The molecule has 0 amide bonds. The van der Waals surface area contributed by atoms with E-state index in [9.17, 15) is 13.2 Å². The number of halogens is 4. The molecule has 2 atom stereocenters. The highest BCUT2D eigenvalue weighted by Gasteiger charge is 2.28. The van der Waals surface area contributed by atoms with Crippen molar-refractivity contribution in [2.45, 2.75) is 51.0 Å². The van der Waals surface area contributed by atoms with Gasteiger partial charge in [-0.2, -0.15) is 13.2 Å². The van der Waals surface area contributed by atoms with Crippen LogP contribution in [-0.4, -0.2) is 49.3 Å². The summed E-state index contributed by atoms with van der Waals surface area (Å²) in [4.78, 5) is 6.46. The van der Waals surface area contributed by atoms with Crippen molar-refractivity contribution in [2.24, 2.45) is 4.99 Å². The number of alkyl halides is 3. The quantitative estimate of drug-likeness (QED) is 0.380. The summed E-state index contributed by atoms with van der Waals surface area (Å²) in [5.41, 5.74) is 1.30. The van der Waals surface area contributed by atoms with Gasteiger partial charge in [-0.25, -0.2) is 0 Å². The van der Waals surface area contributed by atoms with Gasteiger partial charge in [-0.1, -0.05) is 30.3 Å². The Bertz CT molecular complexity index is 551. The zero-order chi connectivity index (χ0) is 18.3. The topological polar surface area (TPSA) is 39.7 Å². The van der Waals surface area contributed by atoms with Crippen LogP contribution in [0.4, 0.5) is 13.2 Å². The fourth-order valence-electron chi connectivity index (χ4n) is 3.12. The summed E-state index contributed by atoms with van der Waals surface area (Å²) in [5, 5.41) is 6.00. The molecule has 148 valence electrons. The van der Waals surface area contributed by atoms with Crippen LogP contribution in [0.15, 0.2) is 35.3 Å². The molecule has 1 aromatic carbocycles. The van der Waals surface area contributed by atoms with Gasteiger partial charge in [-0.3, -0.25) is 9.89 Å². The van der Waals surface area contributed by atoms with Crippen molar-refractivity contribution in [1.29, 1.82) is 0 Å². The van der Waals surface area contributed by atoms with Crippen molar-refractivity contribution in [3.63, 3.8) is 0 Å². The SMILES string of the molecule is CN=C(NCCC(F)(F)F)NC1CCN(Cc2ccccc2)C(C)C1.I. The molecule has 0 aromatic heterocycles. The predicted octanol–water partition coefficient (Wildman–Crippen LogP) is 3.77. The molecule has 2 unspecified atom stereocenters. The number of aliphatic imine (C=N–C) groups is 1. The highest BCUT2D eigenvalue weighted by Crippen LogP contribution is 2.20. The monoisotopic (exact) mass is 484 g/mol. The van der Waals surface area contributed by atoms with Crippen LogP contribution in [0.1, 0.15) is 31.7 Å². The van der Waals surface area contributed by atoms with Crippen LogP contribution in [0.5, 0.6) is 0 Å². The number of piperidine rings is 1. The van der Waals surface area contributed by atoms with Crippen LogP contribution in [0.2, 0.25) is 0 Å². The Morgan fingerprint density at radius 2 is 1.96 bits per heavy atom. The summed E-state index contributed by atoms with van der Waals surface area (Å²) < 4.78 is 36.7. The average molecular weight is 484 g/mol. The van der Waals surface area contributed by atoms with E-state index in [2.05, 4.69) is 39.6 Å². The lowest BCUT2D eigenvalue weighted by Gasteiger charge is -2.38. The summed E-state index contributed by atoms with van der Waals surface area (Å²) in [5.74, 6) is 0.443. The summed E-state index contributed by atoms with van der Waals surface area (Å²) in [6.07, 6.45) is -3.13. The molecule has 26 heavy (non-hydrogen) atoms. The number of hydrogen-bond acceptors (Lipinski definition) is 2. The first-order valence-corrected chi connectivity index (χ1v) is 8.69. The summed E-state index contributed by atoms with van der Waals surface area (Å²) >= 11 is 0. The zero-order valence-corrected chi connectivity index (χ0v) is 17.6.